The fourth-order valence-electron chi connectivity index (χ4n) is 7.68. The number of likely N-dealkylation sites (tertiary alicyclic amines) is 2. The van der Waals surface area contributed by atoms with Crippen LogP contribution in [0.5, 0.6) is 0 Å². The lowest BCUT2D eigenvalue weighted by molar-refractivity contribution is -0.00131. The molecule has 10 heteroatoms. The van der Waals surface area contributed by atoms with Gasteiger partial charge in [0.15, 0.2) is 0 Å². The van der Waals surface area contributed by atoms with Crippen LogP contribution >= 0.6 is 0 Å². The Morgan fingerprint density at radius 3 is 2.02 bits per heavy atom. The molecule has 51 heavy (non-hydrogen) atoms. The average molecular weight is 689 g/mol. The summed E-state index contributed by atoms with van der Waals surface area (Å²) in [5, 5.41) is 0. The SMILES string of the molecule is CC(C)(C)OC(=O)N1CC2(CC[C@H]1c1ncc(-c3ccc(C#Cc4ccc5nc([C@@H]6CC7(CC7)CN6C(=O)OC(C)(C)C)[nH]c5c4)cc3)[nH]1)CC2. The lowest BCUT2D eigenvalue weighted by Gasteiger charge is -2.39. The number of hydrogen-bond acceptors (Lipinski definition) is 6. The van der Waals surface area contributed by atoms with Gasteiger partial charge < -0.3 is 19.4 Å². The van der Waals surface area contributed by atoms with Gasteiger partial charge in [-0.3, -0.25) is 9.80 Å². The summed E-state index contributed by atoms with van der Waals surface area (Å²) in [7, 11) is 0. The smallest absolute Gasteiger partial charge is 0.410 e. The van der Waals surface area contributed by atoms with E-state index in [1.165, 1.54) is 12.8 Å². The number of rotatable bonds is 3. The molecule has 2 saturated heterocycles. The van der Waals surface area contributed by atoms with E-state index >= 15 is 0 Å². The van der Waals surface area contributed by atoms with E-state index < -0.39 is 11.2 Å². The molecule has 0 radical (unpaired) electrons. The molecule has 2 atom stereocenters. The molecule has 2 spiro atoms. The normalized spacial score (nSPS) is 21.8. The number of aromatic nitrogens is 4. The number of nitrogens with one attached hydrogen (secondary N) is 2. The van der Waals surface area contributed by atoms with E-state index in [1.54, 1.807) is 0 Å². The Bertz CT molecular complexity index is 2040. The minimum absolute atomic E-state index is 0.129. The van der Waals surface area contributed by atoms with Gasteiger partial charge in [0.2, 0.25) is 0 Å². The fraction of sp³-hybridized carbons (Fsp3) is 0.512. The molecule has 2 N–H and O–H groups in total. The zero-order valence-electron chi connectivity index (χ0n) is 30.6. The van der Waals surface area contributed by atoms with E-state index in [0.717, 1.165) is 83.7 Å². The predicted octanol–water partition coefficient (Wildman–Crippen LogP) is 8.67. The molecule has 2 saturated carbocycles. The van der Waals surface area contributed by atoms with Crippen molar-refractivity contribution in [3.63, 3.8) is 0 Å². The molecule has 8 rings (SSSR count). The number of carbonyl (C=O) groups is 2. The van der Waals surface area contributed by atoms with Crippen LogP contribution in [0.1, 0.15) is 121 Å². The van der Waals surface area contributed by atoms with Crippen molar-refractivity contribution in [2.24, 2.45) is 10.8 Å². The number of piperidine rings is 1. The molecule has 2 aliphatic heterocycles. The maximum Gasteiger partial charge on any atom is 0.410 e. The van der Waals surface area contributed by atoms with Crippen LogP contribution in [0.2, 0.25) is 0 Å². The molecule has 2 amide bonds. The first-order chi connectivity index (χ1) is 24.2. The van der Waals surface area contributed by atoms with Gasteiger partial charge in [-0.2, -0.15) is 0 Å². The Balaban J connectivity index is 0.956. The Morgan fingerprint density at radius 2 is 1.37 bits per heavy atom. The third-order valence-corrected chi connectivity index (χ3v) is 10.8. The van der Waals surface area contributed by atoms with Crippen molar-refractivity contribution in [2.75, 3.05) is 13.1 Å². The highest BCUT2D eigenvalue weighted by Crippen LogP contribution is 2.58. The zero-order chi connectivity index (χ0) is 35.8. The van der Waals surface area contributed by atoms with Gasteiger partial charge in [0, 0.05) is 24.2 Å². The molecular formula is C41H48N6O4. The first-order valence-corrected chi connectivity index (χ1v) is 18.3. The molecule has 2 aromatic carbocycles. The van der Waals surface area contributed by atoms with Crippen LogP contribution < -0.4 is 0 Å². The average Bonchev–Trinajstić information content (AvgIpc) is 3.78. The molecule has 4 fully saturated rings. The molecule has 0 unspecified atom stereocenters. The van der Waals surface area contributed by atoms with Crippen molar-refractivity contribution in [3.05, 3.63) is 71.4 Å². The highest BCUT2D eigenvalue weighted by molar-refractivity contribution is 5.78. The summed E-state index contributed by atoms with van der Waals surface area (Å²) in [6.45, 7) is 12.9. The van der Waals surface area contributed by atoms with E-state index in [0.29, 0.717) is 6.54 Å². The second-order valence-electron chi connectivity index (χ2n) is 17.4. The van der Waals surface area contributed by atoms with Gasteiger partial charge in [-0.15, -0.1) is 0 Å². The fourth-order valence-corrected chi connectivity index (χ4v) is 7.68. The summed E-state index contributed by atoms with van der Waals surface area (Å²) < 4.78 is 11.6. The van der Waals surface area contributed by atoms with Gasteiger partial charge in [0.1, 0.15) is 22.9 Å². The van der Waals surface area contributed by atoms with E-state index in [1.807, 2.05) is 100 Å². The number of amides is 2. The number of ether oxygens (including phenoxy) is 2. The standard InChI is InChI=1S/C41H48N6O4/c1-38(2,3)50-36(48)46-24-40(17-18-40)16-15-32(46)34-42-23-31(45-34)28-12-9-26(10-13-28)7-8-27-11-14-29-30(21-27)44-35(43-29)33-22-41(19-20-41)25-47(33)37(49)51-39(4,5)6/h9-14,21,23,32-33H,15-20,22,24-25H2,1-6H3,(H,42,45)(H,43,44)/t32-,33-/m0/s1. The highest BCUT2D eigenvalue weighted by Gasteiger charge is 2.55. The second-order valence-corrected chi connectivity index (χ2v) is 17.4. The van der Waals surface area contributed by atoms with Gasteiger partial charge in [0.05, 0.1) is 35.0 Å². The third-order valence-electron chi connectivity index (χ3n) is 10.8. The summed E-state index contributed by atoms with van der Waals surface area (Å²) in [6, 6.07) is 13.8. The van der Waals surface area contributed by atoms with Crippen LogP contribution in [-0.4, -0.2) is 66.2 Å². The number of fused-ring (bicyclic) bond motifs is 1. The zero-order valence-corrected chi connectivity index (χ0v) is 30.6. The first kappa shape index (κ1) is 33.4. The van der Waals surface area contributed by atoms with Gasteiger partial charge >= 0.3 is 12.2 Å². The number of hydrogen-bond donors (Lipinski definition) is 2. The van der Waals surface area contributed by atoms with Crippen molar-refractivity contribution in [1.82, 2.24) is 29.7 Å². The van der Waals surface area contributed by atoms with Crippen LogP contribution in [-0.2, 0) is 9.47 Å². The largest absolute Gasteiger partial charge is 0.444 e. The summed E-state index contributed by atoms with van der Waals surface area (Å²) in [4.78, 5) is 46.8. The summed E-state index contributed by atoms with van der Waals surface area (Å²) in [5.41, 5.74) is 4.80. The Labute approximate surface area is 299 Å². The van der Waals surface area contributed by atoms with E-state index in [-0.39, 0.29) is 35.1 Å². The van der Waals surface area contributed by atoms with Gasteiger partial charge in [-0.05, 0) is 133 Å². The van der Waals surface area contributed by atoms with E-state index in [9.17, 15) is 9.59 Å². The molecule has 2 aliphatic carbocycles. The number of carbonyl (C=O) groups excluding carboxylic acids is 2. The van der Waals surface area contributed by atoms with Crippen molar-refractivity contribution in [3.8, 4) is 23.1 Å². The predicted molar refractivity (Wildman–Crippen MR) is 195 cm³/mol. The molecule has 4 aliphatic rings. The van der Waals surface area contributed by atoms with Crippen LogP contribution in [0.25, 0.3) is 22.3 Å². The Morgan fingerprint density at radius 1 is 0.765 bits per heavy atom. The lowest BCUT2D eigenvalue weighted by atomic mass is 9.90. The Kier molecular flexibility index (Phi) is 7.78. The van der Waals surface area contributed by atoms with Gasteiger partial charge in [0.25, 0.3) is 0 Å². The van der Waals surface area contributed by atoms with Crippen LogP contribution in [0.3, 0.4) is 0 Å². The highest BCUT2D eigenvalue weighted by atomic mass is 16.6. The summed E-state index contributed by atoms with van der Waals surface area (Å²) in [5.74, 6) is 8.20. The van der Waals surface area contributed by atoms with Gasteiger partial charge in [-0.25, -0.2) is 19.6 Å². The topological polar surface area (TPSA) is 116 Å². The quantitative estimate of drug-likeness (QED) is 0.208. The number of H-pyrrole nitrogens is 2. The maximum absolute atomic E-state index is 13.2. The summed E-state index contributed by atoms with van der Waals surface area (Å²) >= 11 is 0. The molecule has 2 aromatic heterocycles. The molecule has 4 aromatic rings. The first-order valence-electron chi connectivity index (χ1n) is 18.3. The van der Waals surface area contributed by atoms with E-state index in [4.69, 9.17) is 19.4 Å². The maximum atomic E-state index is 13.2. The van der Waals surface area contributed by atoms with Crippen molar-refractivity contribution in [2.45, 2.75) is 110 Å². The van der Waals surface area contributed by atoms with E-state index in [2.05, 4.69) is 21.8 Å². The summed E-state index contributed by atoms with van der Waals surface area (Å²) in [6.07, 6.45) is 8.81. The number of nitrogens with zero attached hydrogens (tertiary/aromatic N) is 4. The Hall–Kier alpha value is -4.78. The number of benzene rings is 2. The number of imidazole rings is 2. The number of aromatic amines is 2. The van der Waals surface area contributed by atoms with Crippen molar-refractivity contribution < 1.29 is 19.1 Å². The molecule has 0 bridgehead atoms. The molecule has 10 nitrogen and oxygen atoms in total. The minimum atomic E-state index is -0.550. The molecule has 266 valence electrons. The van der Waals surface area contributed by atoms with Crippen molar-refractivity contribution in [1.29, 1.82) is 0 Å². The monoisotopic (exact) mass is 688 g/mol. The van der Waals surface area contributed by atoms with Crippen LogP contribution in [0, 0.1) is 22.7 Å². The lowest BCUT2D eigenvalue weighted by Crippen LogP contribution is -2.45. The van der Waals surface area contributed by atoms with Crippen molar-refractivity contribution >= 4 is 23.2 Å². The molecule has 4 heterocycles. The van der Waals surface area contributed by atoms with Crippen LogP contribution in [0.15, 0.2) is 48.7 Å². The van der Waals surface area contributed by atoms with Crippen LogP contribution in [0.4, 0.5) is 9.59 Å². The molecular weight excluding hydrogens is 640 g/mol. The third kappa shape index (κ3) is 7.08. The minimum Gasteiger partial charge on any atom is -0.444 e. The van der Waals surface area contributed by atoms with Gasteiger partial charge in [-0.1, -0.05) is 24.0 Å². The second kappa shape index (κ2) is 11.9.